The van der Waals surface area contributed by atoms with Gasteiger partial charge in [-0.15, -0.1) is 0 Å². The van der Waals surface area contributed by atoms with Crippen LogP contribution in [0.25, 0.3) is 22.8 Å². The highest BCUT2D eigenvalue weighted by Gasteiger charge is 2.23. The van der Waals surface area contributed by atoms with Crippen molar-refractivity contribution in [1.29, 1.82) is 0 Å². The number of ether oxygens (including phenoxy) is 2. The monoisotopic (exact) mass is 474 g/mol. The summed E-state index contributed by atoms with van der Waals surface area (Å²) in [4.78, 5) is 8.53. The summed E-state index contributed by atoms with van der Waals surface area (Å²) in [7, 11) is 0. The Morgan fingerprint density at radius 2 is 1.71 bits per heavy atom. The maximum atomic E-state index is 13.7. The molecular weight excluding hydrogens is 451 g/mol. The van der Waals surface area contributed by atoms with Crippen LogP contribution in [-0.2, 0) is 16.1 Å². The Hall–Kier alpha value is -4.12. The van der Waals surface area contributed by atoms with Crippen LogP contribution >= 0.6 is 0 Å². The Morgan fingerprint density at radius 1 is 1.00 bits per heavy atom. The van der Waals surface area contributed by atoms with Crippen molar-refractivity contribution in [3.63, 3.8) is 0 Å². The molecule has 4 N–H and O–H groups in total. The highest BCUT2D eigenvalue weighted by atomic mass is 19.1. The molecule has 0 unspecified atom stereocenters. The van der Waals surface area contributed by atoms with Crippen LogP contribution in [0.2, 0.25) is 0 Å². The number of pyridine rings is 1. The normalized spacial score (nSPS) is 14.7. The minimum atomic E-state index is -0.689. The third kappa shape index (κ3) is 4.62. The molecule has 3 heterocycles. The number of hydrogen-bond acceptors (Lipinski definition) is 9. The number of para-hydroxylation sites is 1. The molecule has 2 aromatic heterocycles. The summed E-state index contributed by atoms with van der Waals surface area (Å²) in [6.45, 7) is 0.449. The van der Waals surface area contributed by atoms with Gasteiger partial charge in [0.2, 0.25) is 5.82 Å². The molecule has 5 rings (SSSR count). The van der Waals surface area contributed by atoms with Crippen molar-refractivity contribution >= 4 is 17.1 Å². The Morgan fingerprint density at radius 3 is 2.43 bits per heavy atom. The average molecular weight is 474 g/mol. The Labute approximate surface area is 200 Å². The molecular formula is C25H23FN6O3. The lowest BCUT2D eigenvalue weighted by molar-refractivity contribution is -0.0441. The van der Waals surface area contributed by atoms with E-state index < -0.39 is 6.67 Å². The molecule has 1 saturated heterocycles. The van der Waals surface area contributed by atoms with E-state index >= 15 is 0 Å². The van der Waals surface area contributed by atoms with Gasteiger partial charge in [0.15, 0.2) is 6.29 Å². The molecule has 0 aliphatic carbocycles. The second-order valence-electron chi connectivity index (χ2n) is 7.75. The van der Waals surface area contributed by atoms with Crippen LogP contribution in [-0.4, -0.2) is 28.3 Å². The van der Waals surface area contributed by atoms with E-state index in [0.29, 0.717) is 41.5 Å². The summed E-state index contributed by atoms with van der Waals surface area (Å²) in [5.41, 5.74) is 10.2. The topological polar surface area (TPSA) is 126 Å². The fourth-order valence-electron chi connectivity index (χ4n) is 3.81. The number of aromatic nitrogens is 3. The molecule has 1 aliphatic rings. The second-order valence-corrected chi connectivity index (χ2v) is 7.75. The molecule has 0 saturated carbocycles. The standard InChI is InChI=1S/C25H23FN6O3/c26-15-19-3-1-2-4-20(19)32(28)22(16-9-11-29-12-10-16)21(27)24-30-23(31-35-24)17-5-7-18(8-6-17)25-33-13-14-34-25/h1-12,25H,13-15,27-28H2/b22-21-. The zero-order valence-corrected chi connectivity index (χ0v) is 18.7. The Kier molecular flexibility index (Phi) is 6.49. The second kappa shape index (κ2) is 10.0. The van der Waals surface area contributed by atoms with Gasteiger partial charge in [-0.3, -0.25) is 9.99 Å². The average Bonchev–Trinajstić information content (AvgIpc) is 3.62. The van der Waals surface area contributed by atoms with Crippen LogP contribution in [0.15, 0.2) is 77.6 Å². The zero-order chi connectivity index (χ0) is 24.2. The lowest BCUT2D eigenvalue weighted by atomic mass is 10.1. The maximum absolute atomic E-state index is 13.7. The van der Waals surface area contributed by atoms with Crippen molar-refractivity contribution in [1.82, 2.24) is 15.1 Å². The van der Waals surface area contributed by atoms with E-state index in [2.05, 4.69) is 15.1 Å². The fourth-order valence-corrected chi connectivity index (χ4v) is 3.81. The van der Waals surface area contributed by atoms with Gasteiger partial charge < -0.3 is 19.7 Å². The molecule has 0 atom stereocenters. The number of nitrogens with zero attached hydrogens (tertiary/aromatic N) is 4. The number of rotatable bonds is 7. The Balaban J connectivity index is 1.51. The van der Waals surface area contributed by atoms with E-state index in [1.807, 2.05) is 24.3 Å². The van der Waals surface area contributed by atoms with Crippen LogP contribution in [0, 0.1) is 0 Å². The zero-order valence-electron chi connectivity index (χ0n) is 18.7. The molecule has 1 aliphatic heterocycles. The van der Waals surface area contributed by atoms with Crippen molar-refractivity contribution in [3.8, 4) is 11.4 Å². The van der Waals surface area contributed by atoms with Crippen molar-refractivity contribution in [2.45, 2.75) is 13.0 Å². The molecule has 0 radical (unpaired) electrons. The van der Waals surface area contributed by atoms with Crippen molar-refractivity contribution in [2.75, 3.05) is 18.2 Å². The molecule has 178 valence electrons. The number of halogens is 1. The third-order valence-corrected chi connectivity index (χ3v) is 5.56. The van der Waals surface area contributed by atoms with Gasteiger partial charge in [0.25, 0.3) is 5.89 Å². The largest absolute Gasteiger partial charge is 0.392 e. The molecule has 0 bridgehead atoms. The van der Waals surface area contributed by atoms with Gasteiger partial charge in [-0.05, 0) is 18.2 Å². The predicted octanol–water partition coefficient (Wildman–Crippen LogP) is 3.81. The van der Waals surface area contributed by atoms with E-state index in [4.69, 9.17) is 25.6 Å². The summed E-state index contributed by atoms with van der Waals surface area (Å²) in [5, 5.41) is 5.40. The van der Waals surface area contributed by atoms with E-state index in [1.165, 1.54) is 5.01 Å². The molecule has 1 fully saturated rings. The van der Waals surface area contributed by atoms with Gasteiger partial charge in [0, 0.05) is 34.6 Å². The highest BCUT2D eigenvalue weighted by molar-refractivity contribution is 5.94. The predicted molar refractivity (Wildman–Crippen MR) is 128 cm³/mol. The summed E-state index contributed by atoms with van der Waals surface area (Å²) in [5.74, 6) is 6.90. The molecule has 4 aromatic rings. The van der Waals surface area contributed by atoms with Gasteiger partial charge >= 0.3 is 0 Å². The lowest BCUT2D eigenvalue weighted by Crippen LogP contribution is -2.32. The smallest absolute Gasteiger partial charge is 0.276 e. The number of alkyl halides is 1. The maximum Gasteiger partial charge on any atom is 0.276 e. The summed E-state index contributed by atoms with van der Waals surface area (Å²) >= 11 is 0. The highest BCUT2D eigenvalue weighted by Crippen LogP contribution is 2.31. The molecule has 35 heavy (non-hydrogen) atoms. The van der Waals surface area contributed by atoms with Crippen LogP contribution in [0.4, 0.5) is 10.1 Å². The number of benzene rings is 2. The van der Waals surface area contributed by atoms with Crippen LogP contribution in [0.1, 0.15) is 28.9 Å². The summed E-state index contributed by atoms with van der Waals surface area (Å²) in [6, 6.07) is 17.8. The van der Waals surface area contributed by atoms with E-state index in [1.54, 1.807) is 48.8 Å². The van der Waals surface area contributed by atoms with E-state index in [0.717, 1.165) is 11.1 Å². The first-order valence-electron chi connectivity index (χ1n) is 10.9. The van der Waals surface area contributed by atoms with E-state index in [-0.39, 0.29) is 17.9 Å². The molecule has 0 amide bonds. The first-order chi connectivity index (χ1) is 17.2. The number of anilines is 1. The van der Waals surface area contributed by atoms with Crippen LogP contribution in [0.3, 0.4) is 0 Å². The fraction of sp³-hybridized carbons (Fsp3) is 0.160. The van der Waals surface area contributed by atoms with Crippen LogP contribution in [0.5, 0.6) is 0 Å². The minimum absolute atomic E-state index is 0.0755. The molecule has 0 spiro atoms. The molecule has 9 nitrogen and oxygen atoms in total. The van der Waals surface area contributed by atoms with Crippen LogP contribution < -0.4 is 16.6 Å². The van der Waals surface area contributed by atoms with E-state index in [9.17, 15) is 4.39 Å². The van der Waals surface area contributed by atoms with Crippen molar-refractivity contribution in [2.24, 2.45) is 11.6 Å². The minimum Gasteiger partial charge on any atom is -0.392 e. The number of hydrazine groups is 1. The van der Waals surface area contributed by atoms with Gasteiger partial charge in [0.05, 0.1) is 24.6 Å². The first-order valence-corrected chi connectivity index (χ1v) is 10.9. The van der Waals surface area contributed by atoms with Gasteiger partial charge in [-0.2, -0.15) is 4.98 Å². The van der Waals surface area contributed by atoms with Crippen molar-refractivity contribution < 1.29 is 18.4 Å². The summed E-state index contributed by atoms with van der Waals surface area (Å²) < 4.78 is 30.2. The van der Waals surface area contributed by atoms with Crippen molar-refractivity contribution in [3.05, 3.63) is 95.6 Å². The first kappa shape index (κ1) is 22.7. The third-order valence-electron chi connectivity index (χ3n) is 5.56. The Bertz CT molecular complexity index is 1320. The number of hydrogen-bond donors (Lipinski definition) is 2. The lowest BCUT2D eigenvalue weighted by Gasteiger charge is -2.25. The number of nitrogens with two attached hydrogens (primary N) is 2. The molecule has 2 aromatic carbocycles. The quantitative estimate of drug-likeness (QED) is 0.304. The summed E-state index contributed by atoms with van der Waals surface area (Å²) in [6.07, 6.45) is 2.85. The van der Waals surface area contributed by atoms with Gasteiger partial charge in [-0.1, -0.05) is 47.6 Å². The van der Waals surface area contributed by atoms with Gasteiger partial charge in [-0.25, -0.2) is 10.2 Å². The SMILES string of the molecule is N/C(=C(/c1ccncc1)N(N)c1ccccc1CF)c1nc(-c2ccc(C3OCCO3)cc2)no1. The molecule has 10 heteroatoms. The van der Waals surface area contributed by atoms with Gasteiger partial charge in [0.1, 0.15) is 12.4 Å².